The lowest BCUT2D eigenvalue weighted by Crippen LogP contribution is -2.37. The summed E-state index contributed by atoms with van der Waals surface area (Å²) >= 11 is 0. The van der Waals surface area contributed by atoms with Gasteiger partial charge in [0.1, 0.15) is 0 Å². The van der Waals surface area contributed by atoms with E-state index in [0.717, 1.165) is 31.9 Å². The van der Waals surface area contributed by atoms with Crippen molar-refractivity contribution in [1.82, 2.24) is 15.5 Å². The van der Waals surface area contributed by atoms with Crippen LogP contribution in [0.15, 0.2) is 53.5 Å². The summed E-state index contributed by atoms with van der Waals surface area (Å²) in [7, 11) is 1.79. The lowest BCUT2D eigenvalue weighted by molar-refractivity contribution is -0.128. The van der Waals surface area contributed by atoms with Gasteiger partial charge in [-0.15, -0.1) is 0 Å². The average molecular weight is 379 g/mol. The molecule has 1 aliphatic heterocycles. The summed E-state index contributed by atoms with van der Waals surface area (Å²) in [6.07, 6.45) is 2.66. The second-order valence-electron chi connectivity index (χ2n) is 7.09. The van der Waals surface area contributed by atoms with Gasteiger partial charge >= 0.3 is 0 Å². The Bertz CT molecular complexity index is 831. The number of hydrogen-bond acceptors (Lipinski definition) is 2. The molecule has 28 heavy (non-hydrogen) atoms. The highest BCUT2D eigenvalue weighted by atomic mass is 16.2. The zero-order valence-corrected chi connectivity index (χ0v) is 16.9. The molecule has 2 N–H and O–H groups in total. The SMILES string of the molecule is CCc1ccccc1CNC(=NC)NCc1ccccc1CN1CCCC1=O. The zero-order valence-electron chi connectivity index (χ0n) is 16.9. The Morgan fingerprint density at radius 1 is 0.964 bits per heavy atom. The van der Waals surface area contributed by atoms with Gasteiger partial charge in [0.2, 0.25) is 5.91 Å². The van der Waals surface area contributed by atoms with E-state index in [1.54, 1.807) is 7.05 Å². The van der Waals surface area contributed by atoms with Crippen LogP contribution >= 0.6 is 0 Å². The standard InChI is InChI=1S/C23H30N4O/c1-3-18-9-4-5-10-19(18)15-25-23(24-2)26-16-20-11-6-7-12-21(20)17-27-14-8-13-22(27)28/h4-7,9-12H,3,8,13-17H2,1-2H3,(H2,24,25,26). The lowest BCUT2D eigenvalue weighted by Gasteiger charge is -2.19. The van der Waals surface area contributed by atoms with E-state index in [4.69, 9.17) is 0 Å². The molecule has 0 aliphatic carbocycles. The number of guanidine groups is 1. The van der Waals surface area contributed by atoms with Crippen LogP contribution in [-0.4, -0.2) is 30.4 Å². The molecule has 0 bridgehead atoms. The molecule has 1 amide bonds. The molecule has 0 saturated carbocycles. The van der Waals surface area contributed by atoms with E-state index in [0.29, 0.717) is 19.5 Å². The Hall–Kier alpha value is -2.82. The highest BCUT2D eigenvalue weighted by Crippen LogP contribution is 2.17. The Balaban J connectivity index is 1.58. The van der Waals surface area contributed by atoms with Crippen LogP contribution in [0.2, 0.25) is 0 Å². The quantitative estimate of drug-likeness (QED) is 0.574. The van der Waals surface area contributed by atoms with Gasteiger partial charge in [0.05, 0.1) is 0 Å². The maximum absolute atomic E-state index is 12.0. The van der Waals surface area contributed by atoms with Crippen molar-refractivity contribution in [2.24, 2.45) is 4.99 Å². The van der Waals surface area contributed by atoms with Crippen LogP contribution in [-0.2, 0) is 30.8 Å². The van der Waals surface area contributed by atoms with E-state index in [-0.39, 0.29) is 5.91 Å². The van der Waals surface area contributed by atoms with E-state index < -0.39 is 0 Å². The van der Waals surface area contributed by atoms with Gasteiger partial charge in [-0.2, -0.15) is 0 Å². The van der Waals surface area contributed by atoms with Gasteiger partial charge in [-0.05, 0) is 35.1 Å². The first-order valence-corrected chi connectivity index (χ1v) is 10.1. The predicted molar refractivity (Wildman–Crippen MR) is 114 cm³/mol. The first-order chi connectivity index (χ1) is 13.7. The molecule has 1 saturated heterocycles. The molecule has 1 heterocycles. The molecule has 1 aliphatic rings. The lowest BCUT2D eigenvalue weighted by atomic mass is 10.1. The van der Waals surface area contributed by atoms with E-state index in [1.165, 1.54) is 22.3 Å². The van der Waals surface area contributed by atoms with Crippen LogP contribution < -0.4 is 10.6 Å². The molecule has 0 aromatic heterocycles. The number of carbonyl (C=O) groups excluding carboxylic acids is 1. The normalized spacial score (nSPS) is 14.4. The molecule has 0 unspecified atom stereocenters. The van der Waals surface area contributed by atoms with Gasteiger partial charge in [0, 0.05) is 39.6 Å². The monoisotopic (exact) mass is 378 g/mol. The van der Waals surface area contributed by atoms with E-state index in [9.17, 15) is 4.79 Å². The van der Waals surface area contributed by atoms with E-state index in [1.807, 2.05) is 17.0 Å². The Morgan fingerprint density at radius 3 is 2.07 bits per heavy atom. The van der Waals surface area contributed by atoms with Crippen molar-refractivity contribution in [3.8, 4) is 0 Å². The van der Waals surface area contributed by atoms with Gasteiger partial charge < -0.3 is 15.5 Å². The van der Waals surface area contributed by atoms with E-state index in [2.05, 4.69) is 58.9 Å². The molecule has 148 valence electrons. The summed E-state index contributed by atoms with van der Waals surface area (Å²) in [6.45, 7) is 5.14. The molecule has 2 aromatic rings. The minimum Gasteiger partial charge on any atom is -0.352 e. The number of nitrogens with zero attached hydrogens (tertiary/aromatic N) is 2. The van der Waals surface area contributed by atoms with Crippen LogP contribution in [0.1, 0.15) is 42.0 Å². The fourth-order valence-electron chi connectivity index (χ4n) is 3.61. The fourth-order valence-corrected chi connectivity index (χ4v) is 3.61. The first-order valence-electron chi connectivity index (χ1n) is 10.1. The van der Waals surface area contributed by atoms with Crippen LogP contribution in [0, 0.1) is 0 Å². The number of amides is 1. The fraction of sp³-hybridized carbons (Fsp3) is 0.391. The second kappa shape index (κ2) is 9.93. The van der Waals surface area contributed by atoms with Crippen LogP contribution in [0.4, 0.5) is 0 Å². The molecule has 0 spiro atoms. The second-order valence-corrected chi connectivity index (χ2v) is 7.09. The van der Waals surface area contributed by atoms with Crippen LogP contribution in [0.3, 0.4) is 0 Å². The minimum atomic E-state index is 0.259. The van der Waals surface area contributed by atoms with Crippen LogP contribution in [0.25, 0.3) is 0 Å². The molecule has 0 atom stereocenters. The molecule has 0 radical (unpaired) electrons. The molecule has 2 aromatic carbocycles. The molecular weight excluding hydrogens is 348 g/mol. The van der Waals surface area contributed by atoms with Gasteiger partial charge in [-0.1, -0.05) is 55.5 Å². The summed E-state index contributed by atoms with van der Waals surface area (Å²) in [5.74, 6) is 1.03. The number of aliphatic imine (C=N–C) groups is 1. The van der Waals surface area contributed by atoms with Crippen molar-refractivity contribution < 1.29 is 4.79 Å². The molecular formula is C23H30N4O. The predicted octanol–water partition coefficient (Wildman–Crippen LogP) is 3.24. The molecule has 1 fully saturated rings. The first kappa shape index (κ1) is 19.9. The van der Waals surface area contributed by atoms with E-state index >= 15 is 0 Å². The van der Waals surface area contributed by atoms with Gasteiger partial charge in [-0.3, -0.25) is 9.79 Å². The third-order valence-corrected chi connectivity index (χ3v) is 5.27. The van der Waals surface area contributed by atoms with Crippen molar-refractivity contribution in [2.75, 3.05) is 13.6 Å². The van der Waals surface area contributed by atoms with Gasteiger partial charge in [0.25, 0.3) is 0 Å². The highest BCUT2D eigenvalue weighted by molar-refractivity contribution is 5.80. The van der Waals surface area contributed by atoms with Crippen molar-refractivity contribution in [3.63, 3.8) is 0 Å². The summed E-state index contributed by atoms with van der Waals surface area (Å²) in [4.78, 5) is 18.3. The Morgan fingerprint density at radius 2 is 1.54 bits per heavy atom. The topological polar surface area (TPSA) is 56.7 Å². The minimum absolute atomic E-state index is 0.259. The highest BCUT2D eigenvalue weighted by Gasteiger charge is 2.20. The van der Waals surface area contributed by atoms with Crippen molar-refractivity contribution >= 4 is 11.9 Å². The van der Waals surface area contributed by atoms with Crippen molar-refractivity contribution in [3.05, 3.63) is 70.8 Å². The summed E-state index contributed by atoms with van der Waals surface area (Å²) in [6, 6.07) is 16.8. The van der Waals surface area contributed by atoms with Gasteiger partial charge in [-0.25, -0.2) is 0 Å². The largest absolute Gasteiger partial charge is 0.352 e. The number of likely N-dealkylation sites (tertiary alicyclic amines) is 1. The summed E-state index contributed by atoms with van der Waals surface area (Å²) in [5, 5.41) is 6.81. The summed E-state index contributed by atoms with van der Waals surface area (Å²) < 4.78 is 0. The number of aryl methyl sites for hydroxylation is 1. The third kappa shape index (κ3) is 5.12. The Labute approximate surface area is 167 Å². The molecule has 5 heteroatoms. The molecule has 5 nitrogen and oxygen atoms in total. The maximum Gasteiger partial charge on any atom is 0.222 e. The number of hydrogen-bond donors (Lipinski definition) is 2. The average Bonchev–Trinajstić information content (AvgIpc) is 3.14. The van der Waals surface area contributed by atoms with Crippen LogP contribution in [0.5, 0.6) is 0 Å². The molecule has 3 rings (SSSR count). The smallest absolute Gasteiger partial charge is 0.222 e. The third-order valence-electron chi connectivity index (χ3n) is 5.27. The van der Waals surface area contributed by atoms with Crippen molar-refractivity contribution in [2.45, 2.75) is 45.8 Å². The number of nitrogens with one attached hydrogen (secondary N) is 2. The maximum atomic E-state index is 12.0. The zero-order chi connectivity index (χ0) is 19.8. The number of rotatable bonds is 7. The van der Waals surface area contributed by atoms with Gasteiger partial charge in [0.15, 0.2) is 5.96 Å². The van der Waals surface area contributed by atoms with Crippen molar-refractivity contribution in [1.29, 1.82) is 0 Å². The number of benzene rings is 2. The Kier molecular flexibility index (Phi) is 7.06. The summed E-state index contributed by atoms with van der Waals surface area (Å²) in [5.41, 5.74) is 5.03. The number of carbonyl (C=O) groups is 1.